The van der Waals surface area contributed by atoms with Crippen LogP contribution in [0.1, 0.15) is 39.5 Å². The molecule has 3 atom stereocenters. The van der Waals surface area contributed by atoms with Crippen molar-refractivity contribution in [1.29, 1.82) is 0 Å². The third kappa shape index (κ3) is 4.09. The van der Waals surface area contributed by atoms with Gasteiger partial charge in [0.25, 0.3) is 0 Å². The number of nitrogens with two attached hydrogens (primary N) is 2. The molecule has 5 rings (SSSR count). The van der Waals surface area contributed by atoms with Gasteiger partial charge in [0.2, 0.25) is 0 Å². The number of carbonyl (C=O) groups excluding carboxylic acids is 1. The Bertz CT molecular complexity index is 1230. The average molecular weight is 470 g/mol. The van der Waals surface area contributed by atoms with Crippen LogP contribution in [0, 0.1) is 18.7 Å². The topological polar surface area (TPSA) is 107 Å². The molecular formula is C24H28FN5O2S. The first-order valence-corrected chi connectivity index (χ1v) is 12.1. The van der Waals surface area contributed by atoms with Crippen molar-refractivity contribution < 1.29 is 13.9 Å². The first-order chi connectivity index (χ1) is 15.8. The monoisotopic (exact) mass is 469 g/mol. The lowest BCUT2D eigenvalue weighted by Gasteiger charge is -2.26. The molecule has 0 aromatic carbocycles. The van der Waals surface area contributed by atoms with E-state index in [2.05, 4.69) is 9.97 Å². The number of aromatic nitrogens is 2. The Kier molecular flexibility index (Phi) is 5.80. The quantitative estimate of drug-likeness (QED) is 0.552. The second-order valence-electron chi connectivity index (χ2n) is 9.13. The van der Waals surface area contributed by atoms with Crippen molar-refractivity contribution in [2.75, 3.05) is 30.8 Å². The SMILES string of the molecule is CO[C@H]1CN(c2nc3c(cc2F)C[C@@H](CC(=O)c2sc4nc(C)ccc4c2N)CC3)C[C@@H]1N. The zero-order chi connectivity index (χ0) is 23.3. The fraction of sp³-hybridized carbons (Fsp3) is 0.458. The van der Waals surface area contributed by atoms with Gasteiger partial charge < -0.3 is 21.1 Å². The summed E-state index contributed by atoms with van der Waals surface area (Å²) in [5.74, 6) is 0.164. The molecule has 0 unspecified atom stereocenters. The molecule has 1 aliphatic heterocycles. The molecule has 174 valence electrons. The molecule has 3 aromatic heterocycles. The van der Waals surface area contributed by atoms with E-state index in [1.807, 2.05) is 24.0 Å². The Labute approximate surface area is 195 Å². The number of hydrogen-bond acceptors (Lipinski definition) is 8. The Morgan fingerprint density at radius 1 is 1.33 bits per heavy atom. The molecule has 0 spiro atoms. The van der Waals surface area contributed by atoms with Crippen molar-refractivity contribution in [3.63, 3.8) is 0 Å². The zero-order valence-electron chi connectivity index (χ0n) is 18.8. The lowest BCUT2D eigenvalue weighted by molar-refractivity contribution is 0.0962. The number of rotatable bonds is 5. The number of hydrogen-bond donors (Lipinski definition) is 2. The number of nitrogen functional groups attached to an aromatic ring is 1. The molecule has 0 radical (unpaired) electrons. The highest BCUT2D eigenvalue weighted by molar-refractivity contribution is 7.21. The lowest BCUT2D eigenvalue weighted by Crippen LogP contribution is -2.34. The molecule has 1 aliphatic carbocycles. The second kappa shape index (κ2) is 8.62. The van der Waals surface area contributed by atoms with Crippen LogP contribution in [0.2, 0.25) is 0 Å². The Hall–Kier alpha value is -2.62. The number of carbonyl (C=O) groups is 1. The van der Waals surface area contributed by atoms with Gasteiger partial charge in [-0.3, -0.25) is 4.79 Å². The number of fused-ring (bicyclic) bond motifs is 2. The molecule has 0 amide bonds. The molecule has 2 aliphatic rings. The molecule has 1 fully saturated rings. The van der Waals surface area contributed by atoms with Crippen LogP contribution >= 0.6 is 11.3 Å². The predicted octanol–water partition coefficient (Wildman–Crippen LogP) is 3.26. The van der Waals surface area contributed by atoms with E-state index in [0.717, 1.165) is 40.0 Å². The summed E-state index contributed by atoms with van der Waals surface area (Å²) in [6, 6.07) is 5.24. The van der Waals surface area contributed by atoms with E-state index in [-0.39, 0.29) is 29.7 Å². The van der Waals surface area contributed by atoms with Crippen molar-refractivity contribution in [3.8, 4) is 0 Å². The van der Waals surface area contributed by atoms with Crippen LogP contribution in [0.3, 0.4) is 0 Å². The Balaban J connectivity index is 1.31. The molecule has 33 heavy (non-hydrogen) atoms. The molecule has 7 nitrogen and oxygen atoms in total. The third-order valence-corrected chi connectivity index (χ3v) is 7.95. The summed E-state index contributed by atoms with van der Waals surface area (Å²) in [6.07, 6.45) is 2.44. The Morgan fingerprint density at radius 2 is 2.15 bits per heavy atom. The normalized spacial score (nSPS) is 22.7. The van der Waals surface area contributed by atoms with Crippen LogP contribution in [0.5, 0.6) is 0 Å². The number of pyridine rings is 2. The van der Waals surface area contributed by atoms with Crippen molar-refractivity contribution in [2.45, 2.75) is 44.8 Å². The van der Waals surface area contributed by atoms with Crippen LogP contribution in [0.4, 0.5) is 15.9 Å². The van der Waals surface area contributed by atoms with E-state index in [0.29, 0.717) is 42.3 Å². The number of ketones is 1. The van der Waals surface area contributed by atoms with E-state index in [1.165, 1.54) is 11.3 Å². The van der Waals surface area contributed by atoms with Gasteiger partial charge in [0.15, 0.2) is 17.4 Å². The maximum atomic E-state index is 15.0. The van der Waals surface area contributed by atoms with Gasteiger partial charge in [-0.1, -0.05) is 0 Å². The zero-order valence-corrected chi connectivity index (χ0v) is 19.6. The molecular weight excluding hydrogens is 441 g/mol. The van der Waals surface area contributed by atoms with Crippen LogP contribution in [-0.2, 0) is 17.6 Å². The number of nitrogens with zero attached hydrogens (tertiary/aromatic N) is 3. The standard InChI is InChI=1S/C24H28FN5O2S/c1-12-3-5-15-21(27)22(33-24(15)28-12)19(31)8-13-4-6-18-14(7-13)9-16(25)23(29-18)30-10-17(26)20(11-30)32-2/h3,5,9,13,17,20H,4,6-8,10-11,26-27H2,1-2H3/t13-,17-,20-/m0/s1. The van der Waals surface area contributed by atoms with Gasteiger partial charge in [0.1, 0.15) is 4.83 Å². The van der Waals surface area contributed by atoms with Crippen LogP contribution in [-0.4, -0.2) is 48.1 Å². The van der Waals surface area contributed by atoms with Crippen molar-refractivity contribution in [1.82, 2.24) is 9.97 Å². The number of methoxy groups -OCH3 is 1. The minimum atomic E-state index is -0.347. The Morgan fingerprint density at radius 3 is 2.91 bits per heavy atom. The smallest absolute Gasteiger partial charge is 0.175 e. The van der Waals surface area contributed by atoms with E-state index in [4.69, 9.17) is 16.2 Å². The fourth-order valence-corrected chi connectivity index (χ4v) is 6.06. The number of anilines is 2. The second-order valence-corrected chi connectivity index (χ2v) is 10.1. The van der Waals surface area contributed by atoms with Crippen molar-refractivity contribution in [3.05, 3.63) is 45.8 Å². The maximum Gasteiger partial charge on any atom is 0.175 e. The first-order valence-electron chi connectivity index (χ1n) is 11.2. The maximum absolute atomic E-state index is 15.0. The van der Waals surface area contributed by atoms with Crippen molar-refractivity contribution in [2.24, 2.45) is 11.7 Å². The van der Waals surface area contributed by atoms with E-state index in [9.17, 15) is 9.18 Å². The predicted molar refractivity (Wildman–Crippen MR) is 128 cm³/mol. The van der Waals surface area contributed by atoms with Crippen LogP contribution in [0.25, 0.3) is 10.2 Å². The number of aryl methyl sites for hydroxylation is 2. The minimum absolute atomic E-state index is 0.0308. The molecule has 3 aromatic rings. The number of Topliss-reactive ketones (excluding diaryl/α,β-unsaturated/α-hetero) is 1. The van der Waals surface area contributed by atoms with Crippen molar-refractivity contribution >= 4 is 38.8 Å². The average Bonchev–Trinajstić information content (AvgIpc) is 3.32. The highest BCUT2D eigenvalue weighted by Crippen LogP contribution is 2.36. The highest BCUT2D eigenvalue weighted by Gasteiger charge is 2.33. The third-order valence-electron chi connectivity index (χ3n) is 6.80. The number of ether oxygens (including phenoxy) is 1. The van der Waals surface area contributed by atoms with Gasteiger partial charge in [-0.25, -0.2) is 14.4 Å². The van der Waals surface area contributed by atoms with Gasteiger partial charge in [-0.15, -0.1) is 11.3 Å². The molecule has 9 heteroatoms. The minimum Gasteiger partial charge on any atom is -0.397 e. The summed E-state index contributed by atoms with van der Waals surface area (Å²) in [5, 5.41) is 0.832. The van der Waals surface area contributed by atoms with Gasteiger partial charge in [0.05, 0.1) is 22.7 Å². The van der Waals surface area contributed by atoms with Crippen LogP contribution < -0.4 is 16.4 Å². The largest absolute Gasteiger partial charge is 0.397 e. The number of thiophene rings is 1. The summed E-state index contributed by atoms with van der Waals surface area (Å²) in [4.78, 5) is 25.4. The van der Waals surface area contributed by atoms with E-state index >= 15 is 0 Å². The molecule has 0 saturated carbocycles. The first kappa shape index (κ1) is 22.2. The van der Waals surface area contributed by atoms with Gasteiger partial charge >= 0.3 is 0 Å². The molecule has 1 saturated heterocycles. The fourth-order valence-electron chi connectivity index (χ4n) is 4.97. The van der Waals surface area contributed by atoms with Gasteiger partial charge in [0, 0.05) is 43.4 Å². The van der Waals surface area contributed by atoms with E-state index < -0.39 is 0 Å². The number of halogens is 1. The summed E-state index contributed by atoms with van der Waals surface area (Å²) < 4.78 is 20.4. The van der Waals surface area contributed by atoms with Crippen LogP contribution in [0.15, 0.2) is 18.2 Å². The highest BCUT2D eigenvalue weighted by atomic mass is 32.1. The van der Waals surface area contributed by atoms with Gasteiger partial charge in [-0.05, 0) is 55.9 Å². The summed E-state index contributed by atoms with van der Waals surface area (Å²) in [7, 11) is 1.62. The summed E-state index contributed by atoms with van der Waals surface area (Å²) in [6.45, 7) is 2.97. The lowest BCUT2D eigenvalue weighted by atomic mass is 9.83. The molecule has 4 N–H and O–H groups in total. The molecule has 4 heterocycles. The summed E-state index contributed by atoms with van der Waals surface area (Å²) in [5.41, 5.74) is 15.6. The summed E-state index contributed by atoms with van der Waals surface area (Å²) >= 11 is 1.36. The molecule has 0 bridgehead atoms. The van der Waals surface area contributed by atoms with Gasteiger partial charge in [-0.2, -0.15) is 0 Å². The van der Waals surface area contributed by atoms with E-state index in [1.54, 1.807) is 13.2 Å².